The van der Waals surface area contributed by atoms with Gasteiger partial charge in [0.1, 0.15) is 0 Å². The van der Waals surface area contributed by atoms with Crippen LogP contribution in [-0.2, 0) is 0 Å². The van der Waals surface area contributed by atoms with Gasteiger partial charge in [0.25, 0.3) is 0 Å². The molecule has 0 heterocycles. The molecular weight excluding hydrogens is 216 g/mol. The Morgan fingerprint density at radius 3 is 1.28 bits per heavy atom. The Morgan fingerprint density at radius 2 is 1.06 bits per heavy atom. The summed E-state index contributed by atoms with van der Waals surface area (Å²) in [5.41, 5.74) is 0.568. The Bertz CT molecular complexity index is 190. The molecule has 2 unspecified atom stereocenters. The molecule has 0 N–H and O–H groups in total. The van der Waals surface area contributed by atoms with Gasteiger partial charge in [-0.25, -0.2) is 0 Å². The van der Waals surface area contributed by atoms with E-state index < -0.39 is 0 Å². The molecule has 0 bridgehead atoms. The number of hydrogen-bond donors (Lipinski definition) is 0. The molecule has 110 valence electrons. The van der Waals surface area contributed by atoms with Crippen molar-refractivity contribution in [3.63, 3.8) is 0 Å². The van der Waals surface area contributed by atoms with E-state index in [0.29, 0.717) is 5.41 Å². The predicted octanol–water partition coefficient (Wildman–Crippen LogP) is 6.55. The van der Waals surface area contributed by atoms with Gasteiger partial charge in [-0.05, 0) is 48.3 Å². The number of hydrogen-bond acceptors (Lipinski definition) is 0. The Balaban J connectivity index is 5.01. The van der Waals surface area contributed by atoms with E-state index in [2.05, 4.69) is 55.4 Å². The molecule has 0 aliphatic carbocycles. The molecule has 0 radical (unpaired) electrons. The van der Waals surface area contributed by atoms with Crippen LogP contribution in [0.25, 0.3) is 0 Å². The van der Waals surface area contributed by atoms with Crippen LogP contribution in [0.15, 0.2) is 0 Å². The van der Waals surface area contributed by atoms with Crippen LogP contribution >= 0.6 is 0 Å². The zero-order valence-electron chi connectivity index (χ0n) is 14.3. The minimum absolute atomic E-state index is 0.568. The van der Waals surface area contributed by atoms with Crippen molar-refractivity contribution in [2.45, 2.75) is 87.5 Å². The molecule has 0 nitrogen and oxygen atoms in total. The van der Waals surface area contributed by atoms with Gasteiger partial charge in [0, 0.05) is 0 Å². The van der Waals surface area contributed by atoms with Crippen LogP contribution in [0.5, 0.6) is 0 Å². The van der Waals surface area contributed by atoms with Gasteiger partial charge in [0.15, 0.2) is 0 Å². The van der Waals surface area contributed by atoms with Crippen LogP contribution in [0.2, 0.25) is 0 Å². The lowest BCUT2D eigenvalue weighted by atomic mass is 9.62. The van der Waals surface area contributed by atoms with Crippen molar-refractivity contribution in [1.29, 1.82) is 0 Å². The average molecular weight is 255 g/mol. The number of rotatable bonds is 9. The maximum Gasteiger partial charge on any atom is -0.0267 e. The Labute approximate surface area is 117 Å². The van der Waals surface area contributed by atoms with E-state index >= 15 is 0 Å². The zero-order valence-corrected chi connectivity index (χ0v) is 14.3. The second-order valence-electron chi connectivity index (χ2n) is 7.55. The minimum atomic E-state index is 0.568. The fourth-order valence-corrected chi connectivity index (χ4v) is 3.45. The third-order valence-electron chi connectivity index (χ3n) is 4.94. The van der Waals surface area contributed by atoms with Gasteiger partial charge in [-0.15, -0.1) is 0 Å². The van der Waals surface area contributed by atoms with Crippen LogP contribution < -0.4 is 0 Å². The summed E-state index contributed by atoms with van der Waals surface area (Å²) in [6, 6.07) is 0. The molecule has 0 aliphatic rings. The first-order valence-electron chi connectivity index (χ1n) is 8.27. The van der Waals surface area contributed by atoms with E-state index in [-0.39, 0.29) is 0 Å². The second kappa shape index (κ2) is 8.23. The first kappa shape index (κ1) is 18.0. The van der Waals surface area contributed by atoms with E-state index in [9.17, 15) is 0 Å². The van der Waals surface area contributed by atoms with Crippen LogP contribution in [0.4, 0.5) is 0 Å². The molecule has 0 heteroatoms. The monoisotopic (exact) mass is 254 g/mol. The quantitative estimate of drug-likeness (QED) is 0.438. The predicted molar refractivity (Wildman–Crippen MR) is 84.9 cm³/mol. The van der Waals surface area contributed by atoms with Crippen molar-refractivity contribution < 1.29 is 0 Å². The highest BCUT2D eigenvalue weighted by Crippen LogP contribution is 2.46. The molecule has 0 saturated carbocycles. The minimum Gasteiger partial charge on any atom is -0.0651 e. The molecule has 18 heavy (non-hydrogen) atoms. The molecule has 0 aliphatic heterocycles. The molecule has 2 atom stereocenters. The zero-order chi connectivity index (χ0) is 14.3. The topological polar surface area (TPSA) is 0 Å². The van der Waals surface area contributed by atoms with Gasteiger partial charge in [0.05, 0.1) is 0 Å². The summed E-state index contributed by atoms with van der Waals surface area (Å²) in [5.74, 6) is 3.37. The largest absolute Gasteiger partial charge is 0.0651 e. The Hall–Kier alpha value is 0. The van der Waals surface area contributed by atoms with Crippen molar-refractivity contribution in [3.8, 4) is 0 Å². The highest BCUT2D eigenvalue weighted by molar-refractivity contribution is 4.86. The molecule has 0 amide bonds. The molecule has 0 rings (SSSR count). The first-order valence-corrected chi connectivity index (χ1v) is 8.27. The Morgan fingerprint density at radius 1 is 0.667 bits per heavy atom. The van der Waals surface area contributed by atoms with E-state index in [1.165, 1.54) is 32.1 Å². The molecular formula is C18H38. The van der Waals surface area contributed by atoms with E-state index in [0.717, 1.165) is 23.7 Å². The van der Waals surface area contributed by atoms with E-state index in [1.54, 1.807) is 0 Å². The van der Waals surface area contributed by atoms with Gasteiger partial charge in [-0.3, -0.25) is 0 Å². The maximum atomic E-state index is 2.45. The fourth-order valence-electron chi connectivity index (χ4n) is 3.45. The third-order valence-corrected chi connectivity index (χ3v) is 4.94. The van der Waals surface area contributed by atoms with Crippen molar-refractivity contribution in [2.75, 3.05) is 0 Å². The SMILES string of the molecule is CCC(C)CC(CC(C)C)(CC(C)CC)C(C)C. The lowest BCUT2D eigenvalue weighted by Crippen LogP contribution is -2.33. The second-order valence-corrected chi connectivity index (χ2v) is 7.55. The molecule has 0 aromatic rings. The van der Waals surface area contributed by atoms with Gasteiger partial charge >= 0.3 is 0 Å². The molecule has 0 aromatic heterocycles. The maximum absolute atomic E-state index is 2.45. The smallest absolute Gasteiger partial charge is 0.0267 e. The van der Waals surface area contributed by atoms with Crippen LogP contribution in [0.1, 0.15) is 87.5 Å². The summed E-state index contributed by atoms with van der Waals surface area (Å²) in [6.07, 6.45) is 6.90. The Kier molecular flexibility index (Phi) is 8.23. The summed E-state index contributed by atoms with van der Waals surface area (Å²) in [7, 11) is 0. The summed E-state index contributed by atoms with van der Waals surface area (Å²) < 4.78 is 0. The van der Waals surface area contributed by atoms with Gasteiger partial charge in [-0.1, -0.05) is 68.2 Å². The van der Waals surface area contributed by atoms with Crippen molar-refractivity contribution in [3.05, 3.63) is 0 Å². The summed E-state index contributed by atoms with van der Waals surface area (Å²) >= 11 is 0. The lowest BCUT2D eigenvalue weighted by molar-refractivity contribution is 0.0742. The van der Waals surface area contributed by atoms with Crippen molar-refractivity contribution >= 4 is 0 Å². The highest BCUT2D eigenvalue weighted by atomic mass is 14.4. The lowest BCUT2D eigenvalue weighted by Gasteiger charge is -2.43. The fraction of sp³-hybridized carbons (Fsp3) is 1.00. The van der Waals surface area contributed by atoms with Crippen molar-refractivity contribution in [1.82, 2.24) is 0 Å². The van der Waals surface area contributed by atoms with Crippen LogP contribution in [0.3, 0.4) is 0 Å². The summed E-state index contributed by atoms with van der Waals surface area (Å²) in [6.45, 7) is 19.2. The average Bonchev–Trinajstić information content (AvgIpc) is 2.27. The highest BCUT2D eigenvalue weighted by Gasteiger charge is 2.36. The summed E-state index contributed by atoms with van der Waals surface area (Å²) in [5, 5.41) is 0. The van der Waals surface area contributed by atoms with Crippen LogP contribution in [-0.4, -0.2) is 0 Å². The first-order chi connectivity index (χ1) is 8.27. The normalized spacial score (nSPS) is 19.0. The summed E-state index contributed by atoms with van der Waals surface area (Å²) in [4.78, 5) is 0. The third kappa shape index (κ3) is 5.76. The van der Waals surface area contributed by atoms with Gasteiger partial charge < -0.3 is 0 Å². The molecule has 0 fully saturated rings. The molecule has 0 spiro atoms. The van der Waals surface area contributed by atoms with Gasteiger partial charge in [-0.2, -0.15) is 0 Å². The molecule has 0 saturated heterocycles. The molecule has 0 aromatic carbocycles. The van der Waals surface area contributed by atoms with E-state index in [4.69, 9.17) is 0 Å². The van der Waals surface area contributed by atoms with Crippen LogP contribution in [0, 0.1) is 29.1 Å². The van der Waals surface area contributed by atoms with Gasteiger partial charge in [0.2, 0.25) is 0 Å². The van der Waals surface area contributed by atoms with Crippen molar-refractivity contribution in [2.24, 2.45) is 29.1 Å². The van der Waals surface area contributed by atoms with E-state index in [1.807, 2.05) is 0 Å². The standard InChI is InChI=1S/C18H38/c1-9-16(7)12-18(15(5)6,11-14(3)4)13-17(8)10-2/h14-17H,9-13H2,1-8H3.